The van der Waals surface area contributed by atoms with Crippen LogP contribution in [0.2, 0.25) is 0 Å². The van der Waals surface area contributed by atoms with Crippen molar-refractivity contribution in [3.8, 4) is 17.2 Å². The third-order valence-corrected chi connectivity index (χ3v) is 3.70. The molecule has 1 aromatic heterocycles. The van der Waals surface area contributed by atoms with Crippen LogP contribution in [0.5, 0.6) is 17.2 Å². The quantitative estimate of drug-likeness (QED) is 0.340. The molecule has 0 spiro atoms. The Labute approximate surface area is 177 Å². The minimum Gasteiger partial charge on any atom is -0.496 e. The molecular formula is C19H27IN4O3. The molecule has 8 heteroatoms. The van der Waals surface area contributed by atoms with E-state index >= 15 is 0 Å². The van der Waals surface area contributed by atoms with E-state index in [0.29, 0.717) is 36.3 Å². The number of aliphatic imine (C=N–C) groups is 1. The standard InChI is InChI=1S/C19H26N4O3.HI/c1-5-20-19(23-13-15-8-6-7-9-21-15)22-12-14-10-17(25-3)18(26-4)11-16(14)24-2;/h6-11H,5,12-13H2,1-4H3,(H2,20,22,23);1H. The van der Waals surface area contributed by atoms with Gasteiger partial charge in [0, 0.05) is 24.4 Å². The second-order valence-corrected chi connectivity index (χ2v) is 5.39. The molecule has 0 bridgehead atoms. The molecule has 2 rings (SSSR count). The van der Waals surface area contributed by atoms with E-state index in [1.54, 1.807) is 33.6 Å². The third kappa shape index (κ3) is 6.78. The molecule has 1 heterocycles. The lowest BCUT2D eigenvalue weighted by molar-refractivity contribution is 0.347. The van der Waals surface area contributed by atoms with Crippen molar-refractivity contribution in [3.63, 3.8) is 0 Å². The lowest BCUT2D eigenvalue weighted by atomic mass is 10.1. The minimum atomic E-state index is 0. The monoisotopic (exact) mass is 486 g/mol. The molecule has 0 saturated heterocycles. The molecule has 2 aromatic rings. The Kier molecular flexibility index (Phi) is 10.3. The van der Waals surface area contributed by atoms with Gasteiger partial charge in [0.15, 0.2) is 17.5 Å². The van der Waals surface area contributed by atoms with E-state index in [1.165, 1.54) is 0 Å². The molecule has 0 aliphatic rings. The summed E-state index contributed by atoms with van der Waals surface area (Å²) < 4.78 is 16.1. The van der Waals surface area contributed by atoms with Crippen LogP contribution in [0.15, 0.2) is 41.5 Å². The van der Waals surface area contributed by atoms with Crippen molar-refractivity contribution in [2.75, 3.05) is 27.9 Å². The first-order valence-electron chi connectivity index (χ1n) is 8.42. The van der Waals surface area contributed by atoms with Crippen molar-refractivity contribution in [1.29, 1.82) is 0 Å². The SMILES string of the molecule is CCNC(=NCc1cc(OC)c(OC)cc1OC)NCc1ccccn1.I. The van der Waals surface area contributed by atoms with Crippen LogP contribution in [0.1, 0.15) is 18.2 Å². The molecule has 27 heavy (non-hydrogen) atoms. The van der Waals surface area contributed by atoms with Gasteiger partial charge in [-0.2, -0.15) is 0 Å². The number of nitrogens with zero attached hydrogens (tertiary/aromatic N) is 2. The summed E-state index contributed by atoms with van der Waals surface area (Å²) in [5.74, 6) is 2.67. The number of aromatic nitrogens is 1. The highest BCUT2D eigenvalue weighted by molar-refractivity contribution is 14.0. The average Bonchev–Trinajstić information content (AvgIpc) is 2.70. The zero-order valence-electron chi connectivity index (χ0n) is 16.1. The summed E-state index contributed by atoms with van der Waals surface area (Å²) in [5.41, 5.74) is 1.85. The van der Waals surface area contributed by atoms with Gasteiger partial charge in [0.1, 0.15) is 5.75 Å². The van der Waals surface area contributed by atoms with Gasteiger partial charge in [0.2, 0.25) is 0 Å². The highest BCUT2D eigenvalue weighted by Crippen LogP contribution is 2.34. The first-order chi connectivity index (χ1) is 12.7. The molecule has 2 N–H and O–H groups in total. The number of hydrogen-bond acceptors (Lipinski definition) is 5. The Balaban J connectivity index is 0.00000364. The first-order valence-corrected chi connectivity index (χ1v) is 8.42. The predicted octanol–water partition coefficient (Wildman–Crippen LogP) is 2.98. The van der Waals surface area contributed by atoms with Crippen LogP contribution in [0.4, 0.5) is 0 Å². The molecule has 7 nitrogen and oxygen atoms in total. The van der Waals surface area contributed by atoms with Gasteiger partial charge in [0.25, 0.3) is 0 Å². The molecule has 0 amide bonds. The summed E-state index contributed by atoms with van der Waals surface area (Å²) in [4.78, 5) is 8.93. The average molecular weight is 486 g/mol. The smallest absolute Gasteiger partial charge is 0.191 e. The zero-order chi connectivity index (χ0) is 18.8. The summed E-state index contributed by atoms with van der Waals surface area (Å²) in [7, 11) is 4.83. The molecular weight excluding hydrogens is 459 g/mol. The van der Waals surface area contributed by atoms with Crippen LogP contribution in [-0.2, 0) is 13.1 Å². The van der Waals surface area contributed by atoms with Crippen LogP contribution in [0.25, 0.3) is 0 Å². The topological polar surface area (TPSA) is 77.0 Å². The Morgan fingerprint density at radius 2 is 1.70 bits per heavy atom. The highest BCUT2D eigenvalue weighted by Gasteiger charge is 2.11. The number of halogens is 1. The third-order valence-electron chi connectivity index (χ3n) is 3.70. The van der Waals surface area contributed by atoms with Crippen molar-refractivity contribution in [3.05, 3.63) is 47.8 Å². The van der Waals surface area contributed by atoms with Crippen LogP contribution in [0, 0.1) is 0 Å². The Bertz CT molecular complexity index is 726. The lowest BCUT2D eigenvalue weighted by Gasteiger charge is -2.14. The van der Waals surface area contributed by atoms with Crippen molar-refractivity contribution in [1.82, 2.24) is 15.6 Å². The molecule has 0 fully saturated rings. The molecule has 148 valence electrons. The number of rotatable bonds is 8. The zero-order valence-corrected chi connectivity index (χ0v) is 18.4. The second-order valence-electron chi connectivity index (χ2n) is 5.39. The fourth-order valence-electron chi connectivity index (χ4n) is 2.40. The Morgan fingerprint density at radius 1 is 1.00 bits per heavy atom. The maximum Gasteiger partial charge on any atom is 0.191 e. The molecule has 0 unspecified atom stereocenters. The second kappa shape index (κ2) is 12.2. The fraction of sp³-hybridized carbons (Fsp3) is 0.368. The number of methoxy groups -OCH3 is 3. The number of ether oxygens (including phenoxy) is 3. The van der Waals surface area contributed by atoms with E-state index in [-0.39, 0.29) is 24.0 Å². The highest BCUT2D eigenvalue weighted by atomic mass is 127. The van der Waals surface area contributed by atoms with Crippen LogP contribution in [0.3, 0.4) is 0 Å². The molecule has 0 aliphatic carbocycles. The Morgan fingerprint density at radius 3 is 2.30 bits per heavy atom. The molecule has 0 atom stereocenters. The van der Waals surface area contributed by atoms with Gasteiger partial charge in [-0.15, -0.1) is 24.0 Å². The van der Waals surface area contributed by atoms with Gasteiger partial charge < -0.3 is 24.8 Å². The summed E-state index contributed by atoms with van der Waals surface area (Å²) >= 11 is 0. The summed E-state index contributed by atoms with van der Waals surface area (Å²) in [6.45, 7) is 3.81. The fourth-order valence-corrected chi connectivity index (χ4v) is 2.40. The van der Waals surface area contributed by atoms with E-state index in [0.717, 1.165) is 17.8 Å². The lowest BCUT2D eigenvalue weighted by Crippen LogP contribution is -2.37. The Hall–Kier alpha value is -2.23. The maximum atomic E-state index is 5.45. The van der Waals surface area contributed by atoms with Gasteiger partial charge in [0.05, 0.1) is 40.1 Å². The summed E-state index contributed by atoms with van der Waals surface area (Å²) in [6.07, 6.45) is 1.77. The van der Waals surface area contributed by atoms with Crippen LogP contribution < -0.4 is 24.8 Å². The largest absolute Gasteiger partial charge is 0.496 e. The van der Waals surface area contributed by atoms with Gasteiger partial charge >= 0.3 is 0 Å². The molecule has 0 radical (unpaired) electrons. The molecule has 0 saturated carbocycles. The van der Waals surface area contributed by atoms with Gasteiger partial charge in [-0.25, -0.2) is 4.99 Å². The normalized spacial score (nSPS) is 10.6. The van der Waals surface area contributed by atoms with E-state index in [1.807, 2.05) is 31.2 Å². The number of nitrogens with one attached hydrogen (secondary N) is 2. The number of pyridine rings is 1. The minimum absolute atomic E-state index is 0. The van der Waals surface area contributed by atoms with E-state index in [4.69, 9.17) is 14.2 Å². The van der Waals surface area contributed by atoms with Gasteiger partial charge in [-0.05, 0) is 25.1 Å². The molecule has 0 aliphatic heterocycles. The summed E-state index contributed by atoms with van der Waals surface area (Å²) in [6, 6.07) is 9.50. The van der Waals surface area contributed by atoms with Crippen LogP contribution >= 0.6 is 24.0 Å². The number of benzene rings is 1. The van der Waals surface area contributed by atoms with Crippen molar-refractivity contribution in [2.24, 2.45) is 4.99 Å². The van der Waals surface area contributed by atoms with Gasteiger partial charge in [-0.1, -0.05) is 6.07 Å². The van der Waals surface area contributed by atoms with E-state index in [9.17, 15) is 0 Å². The maximum absolute atomic E-state index is 5.45. The van der Waals surface area contributed by atoms with Gasteiger partial charge in [-0.3, -0.25) is 4.98 Å². The number of guanidine groups is 1. The predicted molar refractivity (Wildman–Crippen MR) is 117 cm³/mol. The summed E-state index contributed by atoms with van der Waals surface area (Å²) in [5, 5.41) is 6.50. The van der Waals surface area contributed by atoms with E-state index in [2.05, 4.69) is 20.6 Å². The first kappa shape index (κ1) is 22.8. The van der Waals surface area contributed by atoms with Crippen molar-refractivity contribution in [2.45, 2.75) is 20.0 Å². The number of hydrogen-bond donors (Lipinski definition) is 2. The molecule has 1 aromatic carbocycles. The van der Waals surface area contributed by atoms with Crippen molar-refractivity contribution >= 4 is 29.9 Å². The van der Waals surface area contributed by atoms with Crippen LogP contribution in [-0.4, -0.2) is 38.8 Å². The van der Waals surface area contributed by atoms with E-state index < -0.39 is 0 Å². The van der Waals surface area contributed by atoms with Crippen molar-refractivity contribution < 1.29 is 14.2 Å².